The molecule has 1 aliphatic carbocycles. The number of rotatable bonds is 4. The Bertz CT molecular complexity index is 1470. The number of aromatic nitrogens is 5. The third kappa shape index (κ3) is 3.37. The zero-order chi connectivity index (χ0) is 22.4. The Morgan fingerprint density at radius 3 is 2.79 bits per heavy atom. The predicted molar refractivity (Wildman–Crippen MR) is 123 cm³/mol. The molecule has 6 rings (SSSR count). The van der Waals surface area contributed by atoms with Crippen molar-refractivity contribution in [3.63, 3.8) is 0 Å². The van der Waals surface area contributed by atoms with Crippen molar-refractivity contribution in [3.8, 4) is 22.6 Å². The number of carbonyl (C=O) groups is 1. The van der Waals surface area contributed by atoms with Crippen molar-refractivity contribution in [2.24, 2.45) is 0 Å². The molecule has 1 aliphatic rings. The van der Waals surface area contributed by atoms with Crippen LogP contribution in [0.2, 0.25) is 0 Å². The van der Waals surface area contributed by atoms with Crippen molar-refractivity contribution in [1.82, 2.24) is 30.7 Å². The van der Waals surface area contributed by atoms with Crippen molar-refractivity contribution < 1.29 is 9.90 Å². The van der Waals surface area contributed by atoms with Gasteiger partial charge in [0.05, 0.1) is 23.4 Å². The summed E-state index contributed by atoms with van der Waals surface area (Å²) in [7, 11) is 0. The third-order valence-corrected chi connectivity index (χ3v) is 6.14. The maximum absolute atomic E-state index is 13.1. The average molecular weight is 436 g/mol. The molecule has 0 spiro atoms. The Hall–Kier alpha value is -4.30. The largest absolute Gasteiger partial charge is 0.390 e. The summed E-state index contributed by atoms with van der Waals surface area (Å²) >= 11 is 0. The highest BCUT2D eigenvalue weighted by Crippen LogP contribution is 2.32. The van der Waals surface area contributed by atoms with Gasteiger partial charge < -0.3 is 10.4 Å². The molecule has 0 unspecified atom stereocenters. The number of aliphatic hydroxyl groups is 1. The number of carbonyl (C=O) groups excluding carboxylic acids is 1. The van der Waals surface area contributed by atoms with E-state index in [0.29, 0.717) is 17.8 Å². The Morgan fingerprint density at radius 2 is 1.91 bits per heavy atom. The summed E-state index contributed by atoms with van der Waals surface area (Å²) in [6, 6.07) is 20.6. The number of nitrogens with one attached hydrogen (secondary N) is 3. The van der Waals surface area contributed by atoms with Gasteiger partial charge in [-0.1, -0.05) is 36.4 Å². The van der Waals surface area contributed by atoms with Gasteiger partial charge in [0.25, 0.3) is 5.91 Å². The fraction of sp³-hybridized carbons (Fsp3) is 0.120. The van der Waals surface area contributed by atoms with Gasteiger partial charge in [-0.3, -0.25) is 15.0 Å². The van der Waals surface area contributed by atoms with Crippen LogP contribution in [-0.2, 0) is 6.42 Å². The van der Waals surface area contributed by atoms with E-state index in [2.05, 4.69) is 30.7 Å². The lowest BCUT2D eigenvalue weighted by molar-refractivity contribution is 0.0858. The first-order chi connectivity index (χ1) is 16.2. The van der Waals surface area contributed by atoms with Crippen molar-refractivity contribution in [3.05, 3.63) is 89.7 Å². The van der Waals surface area contributed by atoms with Crippen LogP contribution in [0, 0.1) is 0 Å². The topological polar surface area (TPSA) is 120 Å². The highest BCUT2D eigenvalue weighted by atomic mass is 16.3. The van der Waals surface area contributed by atoms with Crippen LogP contribution in [-0.4, -0.2) is 42.5 Å². The number of aliphatic hydroxyl groups excluding tert-OH is 1. The molecule has 162 valence electrons. The second kappa shape index (κ2) is 7.68. The van der Waals surface area contributed by atoms with Crippen LogP contribution < -0.4 is 5.32 Å². The van der Waals surface area contributed by atoms with Gasteiger partial charge in [-0.2, -0.15) is 10.2 Å². The molecule has 0 saturated heterocycles. The smallest absolute Gasteiger partial charge is 0.251 e. The number of fused-ring (bicyclic) bond motifs is 2. The lowest BCUT2D eigenvalue weighted by Crippen LogP contribution is -2.33. The van der Waals surface area contributed by atoms with Gasteiger partial charge in [0, 0.05) is 28.5 Å². The molecule has 0 aliphatic heterocycles. The molecular weight excluding hydrogens is 416 g/mol. The van der Waals surface area contributed by atoms with E-state index in [9.17, 15) is 9.90 Å². The summed E-state index contributed by atoms with van der Waals surface area (Å²) < 4.78 is 0. The average Bonchev–Trinajstić information content (AvgIpc) is 3.58. The fourth-order valence-electron chi connectivity index (χ4n) is 4.51. The highest BCUT2D eigenvalue weighted by molar-refractivity contribution is 5.99. The minimum Gasteiger partial charge on any atom is -0.390 e. The van der Waals surface area contributed by atoms with Gasteiger partial charge in [0.1, 0.15) is 6.33 Å². The molecule has 0 fully saturated rings. The number of amides is 1. The minimum absolute atomic E-state index is 0.236. The SMILES string of the molecule is O=C(N[C@@H]1c2ccccc2C[C@@H]1O)c1cccc(-c2n[nH]c3ccc(-c4ncn[nH]4)cc23)c1. The Labute approximate surface area is 188 Å². The number of benzene rings is 3. The van der Waals surface area contributed by atoms with Crippen LogP contribution in [0.15, 0.2) is 73.1 Å². The summed E-state index contributed by atoms with van der Waals surface area (Å²) in [6.45, 7) is 0. The van der Waals surface area contributed by atoms with E-state index < -0.39 is 12.1 Å². The van der Waals surface area contributed by atoms with Crippen molar-refractivity contribution in [2.75, 3.05) is 0 Å². The lowest BCUT2D eigenvalue weighted by Gasteiger charge is -2.18. The molecule has 2 atom stereocenters. The number of H-pyrrole nitrogens is 2. The van der Waals surface area contributed by atoms with Crippen molar-refractivity contribution in [1.29, 1.82) is 0 Å². The molecule has 5 aromatic rings. The van der Waals surface area contributed by atoms with Crippen LogP contribution >= 0.6 is 0 Å². The summed E-state index contributed by atoms with van der Waals surface area (Å²) in [4.78, 5) is 17.3. The lowest BCUT2D eigenvalue weighted by atomic mass is 10.0. The van der Waals surface area contributed by atoms with Gasteiger partial charge in [0.15, 0.2) is 5.82 Å². The molecule has 8 heteroatoms. The quantitative estimate of drug-likeness (QED) is 0.344. The third-order valence-electron chi connectivity index (χ3n) is 6.14. The van der Waals surface area contributed by atoms with E-state index in [4.69, 9.17) is 0 Å². The molecule has 1 amide bonds. The highest BCUT2D eigenvalue weighted by Gasteiger charge is 2.32. The number of nitrogens with zero attached hydrogens (tertiary/aromatic N) is 3. The maximum Gasteiger partial charge on any atom is 0.251 e. The molecule has 4 N–H and O–H groups in total. The molecular formula is C25H20N6O2. The first-order valence-corrected chi connectivity index (χ1v) is 10.7. The zero-order valence-electron chi connectivity index (χ0n) is 17.5. The molecule has 2 heterocycles. The van der Waals surface area contributed by atoms with Crippen LogP contribution in [0.3, 0.4) is 0 Å². The molecule has 33 heavy (non-hydrogen) atoms. The van der Waals surface area contributed by atoms with Gasteiger partial charge in [0.2, 0.25) is 0 Å². The number of hydrogen-bond acceptors (Lipinski definition) is 5. The monoisotopic (exact) mass is 436 g/mol. The second-order valence-corrected chi connectivity index (χ2v) is 8.17. The first-order valence-electron chi connectivity index (χ1n) is 10.7. The standard InChI is InChI=1S/C25H20N6O2/c32-21-12-14-4-1-2-7-18(14)23(21)28-25(33)17-6-3-5-15(10-17)22-19-11-16(24-26-13-27-31-24)8-9-20(19)29-30-22/h1-11,13,21,23,32H,12H2,(H,28,33)(H,29,30)(H,26,27,31)/t21-,23+/m0/s1. The molecule has 0 radical (unpaired) electrons. The van der Waals surface area contributed by atoms with E-state index in [-0.39, 0.29) is 5.91 Å². The van der Waals surface area contributed by atoms with Gasteiger partial charge in [-0.25, -0.2) is 4.98 Å². The van der Waals surface area contributed by atoms with Crippen LogP contribution in [0.5, 0.6) is 0 Å². The molecule has 3 aromatic carbocycles. The number of aromatic amines is 2. The van der Waals surface area contributed by atoms with Crippen molar-refractivity contribution in [2.45, 2.75) is 18.6 Å². The molecule has 0 bridgehead atoms. The minimum atomic E-state index is -0.640. The first kappa shape index (κ1) is 19.4. The summed E-state index contributed by atoms with van der Waals surface area (Å²) in [5.41, 5.74) is 5.87. The van der Waals surface area contributed by atoms with E-state index in [1.54, 1.807) is 6.07 Å². The maximum atomic E-state index is 13.1. The van der Waals surface area contributed by atoms with Crippen LogP contribution in [0.1, 0.15) is 27.5 Å². The van der Waals surface area contributed by atoms with E-state index in [0.717, 1.165) is 38.9 Å². The number of hydrogen-bond donors (Lipinski definition) is 4. The molecule has 2 aromatic heterocycles. The van der Waals surface area contributed by atoms with Gasteiger partial charge >= 0.3 is 0 Å². The van der Waals surface area contributed by atoms with Crippen molar-refractivity contribution >= 4 is 16.8 Å². The van der Waals surface area contributed by atoms with E-state index in [1.807, 2.05) is 60.7 Å². The van der Waals surface area contributed by atoms with Crippen LogP contribution in [0.4, 0.5) is 0 Å². The summed E-state index contributed by atoms with van der Waals surface area (Å²) in [6.07, 6.45) is 1.37. The fourth-order valence-corrected chi connectivity index (χ4v) is 4.51. The van der Waals surface area contributed by atoms with E-state index >= 15 is 0 Å². The Morgan fingerprint density at radius 1 is 1.00 bits per heavy atom. The Kier molecular flexibility index (Phi) is 4.51. The van der Waals surface area contributed by atoms with E-state index in [1.165, 1.54) is 6.33 Å². The molecule has 0 saturated carbocycles. The van der Waals surface area contributed by atoms with Gasteiger partial charge in [-0.05, 0) is 41.5 Å². The zero-order valence-corrected chi connectivity index (χ0v) is 17.5. The Balaban J connectivity index is 1.32. The van der Waals surface area contributed by atoms with Gasteiger partial charge in [-0.15, -0.1) is 0 Å². The molecule has 8 nitrogen and oxygen atoms in total. The van der Waals surface area contributed by atoms with Crippen LogP contribution in [0.25, 0.3) is 33.5 Å². The second-order valence-electron chi connectivity index (χ2n) is 8.17. The summed E-state index contributed by atoms with van der Waals surface area (Å²) in [5, 5.41) is 28.7. The predicted octanol–water partition coefficient (Wildman–Crippen LogP) is 3.40. The summed E-state index contributed by atoms with van der Waals surface area (Å²) in [5.74, 6) is 0.437. The normalized spacial score (nSPS) is 17.2.